The Morgan fingerprint density at radius 2 is 1.67 bits per heavy atom. The van der Waals surface area contributed by atoms with E-state index in [-0.39, 0.29) is 5.92 Å². The van der Waals surface area contributed by atoms with Crippen LogP contribution < -0.4 is 0 Å². The molecule has 0 aliphatic carbocycles. The molecule has 0 aliphatic rings. The second kappa shape index (κ2) is 6.52. The molecule has 1 unspecified atom stereocenters. The van der Waals surface area contributed by atoms with E-state index >= 15 is 0 Å². The van der Waals surface area contributed by atoms with Gasteiger partial charge in [0.15, 0.2) is 0 Å². The van der Waals surface area contributed by atoms with Crippen LogP contribution in [0.4, 0.5) is 0 Å². The maximum atomic E-state index is 9.59. The summed E-state index contributed by atoms with van der Waals surface area (Å²) < 4.78 is 0. The largest absolute Gasteiger partial charge is 0.198 e. The average Bonchev–Trinajstić information content (AvgIpc) is 2.39. The summed E-state index contributed by atoms with van der Waals surface area (Å²) in [6.07, 6.45) is 0.594. The van der Waals surface area contributed by atoms with Gasteiger partial charge in [-0.25, -0.2) is 0 Å². The highest BCUT2D eigenvalue weighted by Crippen LogP contribution is 2.31. The number of hydrogen-bond acceptors (Lipinski definition) is 1. The van der Waals surface area contributed by atoms with Gasteiger partial charge in [-0.3, -0.25) is 0 Å². The molecule has 0 aromatic heterocycles. The maximum absolute atomic E-state index is 9.59. The molecule has 0 aliphatic heterocycles. The Morgan fingerprint density at radius 1 is 1.05 bits per heavy atom. The number of nitrogens with zero attached hydrogens (tertiary/aromatic N) is 1. The lowest BCUT2D eigenvalue weighted by Gasteiger charge is -2.17. The van der Waals surface area contributed by atoms with E-state index in [1.165, 1.54) is 5.56 Å². The van der Waals surface area contributed by atoms with Gasteiger partial charge >= 0.3 is 0 Å². The van der Waals surface area contributed by atoms with Crippen molar-refractivity contribution in [2.75, 3.05) is 0 Å². The van der Waals surface area contributed by atoms with Crippen molar-refractivity contribution < 1.29 is 0 Å². The summed E-state index contributed by atoms with van der Waals surface area (Å²) in [6.45, 7) is 6.19. The second-order valence-corrected chi connectivity index (χ2v) is 6.28. The quantitative estimate of drug-likeness (QED) is 0.705. The zero-order valence-corrected chi connectivity index (χ0v) is 13.9. The molecule has 2 aromatic rings. The molecule has 0 saturated heterocycles. The van der Waals surface area contributed by atoms with Crippen molar-refractivity contribution in [2.45, 2.75) is 33.1 Å². The summed E-state index contributed by atoms with van der Waals surface area (Å²) in [4.78, 5) is 0. The zero-order valence-electron chi connectivity index (χ0n) is 12.4. The van der Waals surface area contributed by atoms with E-state index in [2.05, 4.69) is 39.0 Å². The highest BCUT2D eigenvalue weighted by molar-refractivity contribution is 6.35. The number of benzene rings is 2. The van der Waals surface area contributed by atoms with Crippen LogP contribution >= 0.6 is 23.2 Å². The Labute approximate surface area is 136 Å². The van der Waals surface area contributed by atoms with Crippen LogP contribution in [0.2, 0.25) is 10.0 Å². The molecule has 0 bridgehead atoms. The van der Waals surface area contributed by atoms with Crippen molar-refractivity contribution >= 4 is 23.2 Å². The Hall–Kier alpha value is -1.49. The number of halogens is 2. The highest BCUT2D eigenvalue weighted by Gasteiger charge is 2.18. The fourth-order valence-corrected chi connectivity index (χ4v) is 3.35. The zero-order chi connectivity index (χ0) is 15.6. The monoisotopic (exact) mass is 317 g/mol. The summed E-state index contributed by atoms with van der Waals surface area (Å²) >= 11 is 12.2. The highest BCUT2D eigenvalue weighted by atomic mass is 35.5. The molecule has 0 spiro atoms. The minimum Gasteiger partial charge on any atom is -0.198 e. The van der Waals surface area contributed by atoms with Gasteiger partial charge < -0.3 is 0 Å². The number of nitriles is 1. The van der Waals surface area contributed by atoms with Gasteiger partial charge in [-0.2, -0.15) is 5.26 Å². The van der Waals surface area contributed by atoms with Gasteiger partial charge in [0.2, 0.25) is 0 Å². The first-order valence-electron chi connectivity index (χ1n) is 6.83. The van der Waals surface area contributed by atoms with Crippen LogP contribution in [0.15, 0.2) is 30.3 Å². The molecule has 2 aromatic carbocycles. The Kier molecular flexibility index (Phi) is 4.93. The van der Waals surface area contributed by atoms with Crippen molar-refractivity contribution in [2.24, 2.45) is 0 Å². The van der Waals surface area contributed by atoms with Gasteiger partial charge in [0.25, 0.3) is 0 Å². The lowest BCUT2D eigenvalue weighted by molar-refractivity contribution is 0.832. The van der Waals surface area contributed by atoms with Crippen LogP contribution in [0.5, 0.6) is 0 Å². The SMILES string of the molecule is Cc1cc(C)c(C(C#N)Cc2ccc(Cl)cc2Cl)c(C)c1. The van der Waals surface area contributed by atoms with E-state index < -0.39 is 0 Å². The van der Waals surface area contributed by atoms with Crippen molar-refractivity contribution in [1.82, 2.24) is 0 Å². The molecule has 1 nitrogen and oxygen atoms in total. The molecule has 21 heavy (non-hydrogen) atoms. The summed E-state index contributed by atoms with van der Waals surface area (Å²) in [5, 5.41) is 10.8. The molecule has 0 N–H and O–H groups in total. The molecular formula is C18H17Cl2N. The molecule has 0 radical (unpaired) electrons. The van der Waals surface area contributed by atoms with Crippen LogP contribution in [-0.4, -0.2) is 0 Å². The summed E-state index contributed by atoms with van der Waals surface area (Å²) in [5.41, 5.74) is 5.59. The summed E-state index contributed by atoms with van der Waals surface area (Å²) in [7, 11) is 0. The first-order chi connectivity index (χ1) is 9.92. The predicted octanol–water partition coefficient (Wildman–Crippen LogP) is 5.77. The lowest BCUT2D eigenvalue weighted by atomic mass is 9.86. The molecule has 2 rings (SSSR count). The standard InChI is InChI=1S/C18H17Cl2N/c1-11-6-12(2)18(13(3)7-11)15(10-21)8-14-4-5-16(19)9-17(14)20/h4-7,9,15H,8H2,1-3H3. The minimum absolute atomic E-state index is 0.204. The Morgan fingerprint density at radius 3 is 2.19 bits per heavy atom. The second-order valence-electron chi connectivity index (χ2n) is 5.43. The van der Waals surface area contributed by atoms with Crippen LogP contribution in [0.25, 0.3) is 0 Å². The number of hydrogen-bond donors (Lipinski definition) is 0. The van der Waals surface area contributed by atoms with Gasteiger partial charge in [0, 0.05) is 10.0 Å². The van der Waals surface area contributed by atoms with Gasteiger partial charge in [0.05, 0.1) is 12.0 Å². The fraction of sp³-hybridized carbons (Fsp3) is 0.278. The first-order valence-corrected chi connectivity index (χ1v) is 7.59. The molecular weight excluding hydrogens is 301 g/mol. The normalized spacial score (nSPS) is 12.0. The third-order valence-corrected chi connectivity index (χ3v) is 4.27. The van der Waals surface area contributed by atoms with E-state index in [0.29, 0.717) is 16.5 Å². The average molecular weight is 318 g/mol. The predicted molar refractivity (Wildman–Crippen MR) is 89.2 cm³/mol. The topological polar surface area (TPSA) is 23.8 Å². The van der Waals surface area contributed by atoms with Gasteiger partial charge in [-0.05, 0) is 61.6 Å². The van der Waals surface area contributed by atoms with Crippen molar-refractivity contribution in [3.05, 3.63) is 68.2 Å². The third-order valence-electron chi connectivity index (χ3n) is 3.68. The summed E-state index contributed by atoms with van der Waals surface area (Å²) in [6, 6.07) is 12.1. The maximum Gasteiger partial charge on any atom is 0.0758 e. The van der Waals surface area contributed by atoms with E-state index in [0.717, 1.165) is 22.3 Å². The lowest BCUT2D eigenvalue weighted by Crippen LogP contribution is -2.06. The third kappa shape index (κ3) is 3.59. The van der Waals surface area contributed by atoms with E-state index in [1.54, 1.807) is 6.07 Å². The molecule has 108 valence electrons. The Balaban J connectivity index is 2.40. The molecule has 0 fully saturated rings. The molecule has 1 atom stereocenters. The van der Waals surface area contributed by atoms with Crippen molar-refractivity contribution in [3.63, 3.8) is 0 Å². The molecule has 0 amide bonds. The van der Waals surface area contributed by atoms with E-state index in [4.69, 9.17) is 23.2 Å². The van der Waals surface area contributed by atoms with E-state index in [9.17, 15) is 5.26 Å². The van der Waals surface area contributed by atoms with Crippen LogP contribution in [0, 0.1) is 32.1 Å². The van der Waals surface area contributed by atoms with Crippen LogP contribution in [0.3, 0.4) is 0 Å². The van der Waals surface area contributed by atoms with Crippen LogP contribution in [0.1, 0.15) is 33.7 Å². The Bertz CT molecular complexity index is 691. The van der Waals surface area contributed by atoms with Gasteiger partial charge in [-0.1, -0.05) is 47.0 Å². The number of aryl methyl sites for hydroxylation is 3. The molecule has 3 heteroatoms. The smallest absolute Gasteiger partial charge is 0.0758 e. The van der Waals surface area contributed by atoms with Gasteiger partial charge in [-0.15, -0.1) is 0 Å². The molecule has 0 saturated carbocycles. The van der Waals surface area contributed by atoms with Gasteiger partial charge in [0.1, 0.15) is 0 Å². The first kappa shape index (κ1) is 15.9. The molecule has 0 heterocycles. The van der Waals surface area contributed by atoms with Crippen molar-refractivity contribution in [1.29, 1.82) is 5.26 Å². The minimum atomic E-state index is -0.204. The van der Waals surface area contributed by atoms with Crippen molar-refractivity contribution in [3.8, 4) is 6.07 Å². The summed E-state index contributed by atoms with van der Waals surface area (Å²) in [5.74, 6) is -0.204. The van der Waals surface area contributed by atoms with E-state index in [1.807, 2.05) is 12.1 Å². The fourth-order valence-electron chi connectivity index (χ4n) is 2.86. The van der Waals surface area contributed by atoms with Crippen LogP contribution in [-0.2, 0) is 6.42 Å². The number of rotatable bonds is 3.